The van der Waals surface area contributed by atoms with E-state index in [2.05, 4.69) is 21.0 Å². The Bertz CT molecular complexity index is 664. The number of aromatic nitrogens is 2. The molecule has 0 spiro atoms. The van der Waals surface area contributed by atoms with E-state index in [1.54, 1.807) is 10.9 Å². The van der Waals surface area contributed by atoms with Crippen molar-refractivity contribution in [3.05, 3.63) is 28.9 Å². The number of hydrogen-bond acceptors (Lipinski definition) is 4. The topological polar surface area (TPSA) is 53.4 Å². The number of hydrogen-bond donors (Lipinski definition) is 0. The van der Waals surface area contributed by atoms with Crippen LogP contribution < -0.4 is 0 Å². The second-order valence-electron chi connectivity index (χ2n) is 5.62. The van der Waals surface area contributed by atoms with Crippen LogP contribution in [0.3, 0.4) is 0 Å². The maximum atomic E-state index is 12.3. The highest BCUT2D eigenvalue weighted by Crippen LogP contribution is 2.29. The van der Waals surface area contributed by atoms with Crippen molar-refractivity contribution in [1.29, 1.82) is 0 Å². The zero-order chi connectivity index (χ0) is 15.5. The van der Waals surface area contributed by atoms with Crippen molar-refractivity contribution >= 4 is 32.8 Å². The second kappa shape index (κ2) is 6.79. The first-order chi connectivity index (χ1) is 10.7. The maximum absolute atomic E-state index is 12.3. The van der Waals surface area contributed by atoms with Gasteiger partial charge in [-0.05, 0) is 43.4 Å². The summed E-state index contributed by atoms with van der Waals surface area (Å²) in [5.74, 6) is 0.229. The van der Waals surface area contributed by atoms with Crippen LogP contribution in [0, 0.1) is 5.92 Å². The predicted molar refractivity (Wildman–Crippen MR) is 86.6 cm³/mol. The maximum Gasteiger partial charge on any atom is 0.330 e. The summed E-state index contributed by atoms with van der Waals surface area (Å²) in [6, 6.07) is 5.56. The van der Waals surface area contributed by atoms with Crippen molar-refractivity contribution < 1.29 is 14.3 Å². The van der Waals surface area contributed by atoms with Gasteiger partial charge in [-0.3, -0.25) is 4.68 Å². The summed E-state index contributed by atoms with van der Waals surface area (Å²) in [6.45, 7) is 1.54. The quantitative estimate of drug-likeness (QED) is 0.778. The molecule has 0 bridgehead atoms. The number of fused-ring (bicyclic) bond motifs is 1. The van der Waals surface area contributed by atoms with Crippen LogP contribution in [0.5, 0.6) is 0 Å². The molecule has 0 N–H and O–H groups in total. The fourth-order valence-electron chi connectivity index (χ4n) is 3.00. The first kappa shape index (κ1) is 15.5. The molecule has 1 fully saturated rings. The first-order valence-electron chi connectivity index (χ1n) is 7.47. The van der Waals surface area contributed by atoms with Gasteiger partial charge in [0.2, 0.25) is 0 Å². The Balaban J connectivity index is 1.91. The number of carbonyl (C=O) groups is 1. The van der Waals surface area contributed by atoms with Crippen LogP contribution in [0.25, 0.3) is 10.9 Å². The smallest absolute Gasteiger partial charge is 0.330 e. The SMILES string of the molecule is COC(=O)C(CC1CCOCC1)n1ncc2cc(Br)ccc21. The highest BCUT2D eigenvalue weighted by atomic mass is 79.9. The number of halogens is 1. The van der Waals surface area contributed by atoms with Crippen molar-refractivity contribution in [3.8, 4) is 0 Å². The van der Waals surface area contributed by atoms with Crippen molar-refractivity contribution in [3.63, 3.8) is 0 Å². The fraction of sp³-hybridized carbons (Fsp3) is 0.500. The van der Waals surface area contributed by atoms with E-state index in [1.807, 2.05) is 18.2 Å². The fourth-order valence-corrected chi connectivity index (χ4v) is 3.38. The molecule has 0 saturated carbocycles. The molecule has 5 nitrogen and oxygen atoms in total. The number of ether oxygens (including phenoxy) is 2. The molecular formula is C16H19BrN2O3. The van der Waals surface area contributed by atoms with Crippen LogP contribution in [-0.4, -0.2) is 36.1 Å². The number of methoxy groups -OCH3 is 1. The lowest BCUT2D eigenvalue weighted by molar-refractivity contribution is -0.145. The molecule has 2 heterocycles. The molecule has 3 rings (SSSR count). The Morgan fingerprint density at radius 1 is 1.50 bits per heavy atom. The van der Waals surface area contributed by atoms with Crippen molar-refractivity contribution in [2.45, 2.75) is 25.3 Å². The van der Waals surface area contributed by atoms with Crippen LogP contribution in [0.1, 0.15) is 25.3 Å². The number of esters is 1. The third-order valence-electron chi connectivity index (χ3n) is 4.22. The highest BCUT2D eigenvalue weighted by molar-refractivity contribution is 9.10. The highest BCUT2D eigenvalue weighted by Gasteiger charge is 2.28. The molecule has 118 valence electrons. The number of benzene rings is 1. The Hall–Kier alpha value is -1.40. The lowest BCUT2D eigenvalue weighted by Gasteiger charge is -2.26. The molecular weight excluding hydrogens is 348 g/mol. The van der Waals surface area contributed by atoms with Crippen LogP contribution >= 0.6 is 15.9 Å². The van der Waals surface area contributed by atoms with Gasteiger partial charge in [0.1, 0.15) is 6.04 Å². The summed E-state index contributed by atoms with van der Waals surface area (Å²) < 4.78 is 13.2. The Kier molecular flexibility index (Phi) is 4.78. The molecule has 1 saturated heterocycles. The Morgan fingerprint density at radius 3 is 3.00 bits per heavy atom. The zero-order valence-corrected chi connectivity index (χ0v) is 14.1. The van der Waals surface area contributed by atoms with E-state index in [4.69, 9.17) is 9.47 Å². The molecule has 0 aliphatic carbocycles. The number of nitrogens with zero attached hydrogens (tertiary/aromatic N) is 2. The van der Waals surface area contributed by atoms with E-state index in [-0.39, 0.29) is 12.0 Å². The summed E-state index contributed by atoms with van der Waals surface area (Å²) in [4.78, 5) is 12.3. The molecule has 1 aromatic heterocycles. The predicted octanol–water partition coefficient (Wildman–Crippen LogP) is 3.33. The van der Waals surface area contributed by atoms with E-state index in [0.29, 0.717) is 5.92 Å². The van der Waals surface area contributed by atoms with Crippen molar-refractivity contribution in [2.75, 3.05) is 20.3 Å². The summed E-state index contributed by atoms with van der Waals surface area (Å²) >= 11 is 3.46. The van der Waals surface area contributed by atoms with Crippen molar-refractivity contribution in [2.24, 2.45) is 5.92 Å². The molecule has 2 aromatic rings. The molecule has 1 unspecified atom stereocenters. The molecule has 22 heavy (non-hydrogen) atoms. The minimum Gasteiger partial charge on any atom is -0.467 e. The average Bonchev–Trinajstić information content (AvgIpc) is 2.95. The summed E-state index contributed by atoms with van der Waals surface area (Å²) in [5.41, 5.74) is 0.950. The Labute approximate surface area is 137 Å². The lowest BCUT2D eigenvalue weighted by atomic mass is 9.92. The van der Waals surface area contributed by atoms with Gasteiger partial charge in [0.25, 0.3) is 0 Å². The largest absolute Gasteiger partial charge is 0.467 e. The van der Waals surface area contributed by atoms with Gasteiger partial charge in [0.15, 0.2) is 0 Å². The van der Waals surface area contributed by atoms with Gasteiger partial charge in [0, 0.05) is 23.1 Å². The van der Waals surface area contributed by atoms with Crippen LogP contribution in [0.15, 0.2) is 28.9 Å². The van der Waals surface area contributed by atoms with E-state index >= 15 is 0 Å². The number of carbonyl (C=O) groups excluding carboxylic acids is 1. The van der Waals surface area contributed by atoms with E-state index in [1.165, 1.54) is 7.11 Å². The molecule has 1 atom stereocenters. The van der Waals surface area contributed by atoms with Gasteiger partial charge in [-0.2, -0.15) is 5.10 Å². The standard InChI is InChI=1S/C16H19BrN2O3/c1-21-16(20)15(8-11-4-6-22-7-5-11)19-14-3-2-13(17)9-12(14)10-18-19/h2-3,9-11,15H,4-8H2,1H3. The normalized spacial score (nSPS) is 17.5. The summed E-state index contributed by atoms with van der Waals surface area (Å²) in [6.07, 6.45) is 4.50. The minimum absolute atomic E-state index is 0.237. The van der Waals surface area contributed by atoms with Crippen LogP contribution in [0.4, 0.5) is 0 Å². The summed E-state index contributed by atoms with van der Waals surface area (Å²) in [7, 11) is 1.43. The van der Waals surface area contributed by atoms with Crippen LogP contribution in [0.2, 0.25) is 0 Å². The van der Waals surface area contributed by atoms with Gasteiger partial charge in [-0.15, -0.1) is 0 Å². The third kappa shape index (κ3) is 3.17. The number of rotatable bonds is 4. The Morgan fingerprint density at radius 2 is 2.27 bits per heavy atom. The van der Waals surface area contributed by atoms with Gasteiger partial charge in [0.05, 0.1) is 18.8 Å². The van der Waals surface area contributed by atoms with Gasteiger partial charge in [-0.1, -0.05) is 15.9 Å². The molecule has 1 aliphatic heterocycles. The van der Waals surface area contributed by atoms with Gasteiger partial charge in [-0.25, -0.2) is 4.79 Å². The molecule has 0 amide bonds. The second-order valence-corrected chi connectivity index (χ2v) is 6.54. The van der Waals surface area contributed by atoms with E-state index in [9.17, 15) is 4.79 Å². The average molecular weight is 367 g/mol. The third-order valence-corrected chi connectivity index (χ3v) is 4.72. The molecule has 0 radical (unpaired) electrons. The van der Waals surface area contributed by atoms with Crippen LogP contribution in [-0.2, 0) is 14.3 Å². The van der Waals surface area contributed by atoms with Gasteiger partial charge < -0.3 is 9.47 Å². The molecule has 1 aromatic carbocycles. The van der Waals surface area contributed by atoms with E-state index in [0.717, 1.165) is 47.9 Å². The monoisotopic (exact) mass is 366 g/mol. The molecule has 6 heteroatoms. The van der Waals surface area contributed by atoms with Gasteiger partial charge >= 0.3 is 5.97 Å². The van der Waals surface area contributed by atoms with Crippen molar-refractivity contribution in [1.82, 2.24) is 9.78 Å². The molecule has 1 aliphatic rings. The zero-order valence-electron chi connectivity index (χ0n) is 12.5. The summed E-state index contributed by atoms with van der Waals surface area (Å²) in [5, 5.41) is 5.44. The first-order valence-corrected chi connectivity index (χ1v) is 8.26. The minimum atomic E-state index is -0.383. The lowest BCUT2D eigenvalue weighted by Crippen LogP contribution is -2.27. The van der Waals surface area contributed by atoms with E-state index < -0.39 is 0 Å².